The van der Waals surface area contributed by atoms with E-state index in [1.54, 1.807) is 18.2 Å². The van der Waals surface area contributed by atoms with E-state index in [2.05, 4.69) is 0 Å². The number of hydrogen-bond acceptors (Lipinski definition) is 4. The fraction of sp³-hybridized carbons (Fsp3) is 0.0769. The number of alkyl halides is 6. The highest BCUT2D eigenvalue weighted by Gasteiger charge is 2.38. The molecule has 0 aliphatic rings. The standard InChI is InChI=1S/C13H7ClF4O2S.C13H8ClF3O2S/c14-21(19,20)12-7-8(13(16,17)18)5-6-10(12)9-3-1-2-4-11(9)15;14-20(18,19)12-10(9-5-2-1-3-6-9)7-4-8-11(12)13(15,16)17/h1-7H;1-8H. The van der Waals surface area contributed by atoms with E-state index in [1.165, 1.54) is 36.4 Å². The van der Waals surface area contributed by atoms with Gasteiger partial charge >= 0.3 is 12.4 Å². The molecule has 0 aromatic heterocycles. The summed E-state index contributed by atoms with van der Waals surface area (Å²) < 4.78 is 137. The fourth-order valence-electron chi connectivity index (χ4n) is 3.67. The quantitative estimate of drug-likeness (QED) is 0.162. The van der Waals surface area contributed by atoms with E-state index in [4.69, 9.17) is 21.4 Å². The fourth-order valence-corrected chi connectivity index (χ4v) is 6.16. The zero-order valence-corrected chi connectivity index (χ0v) is 23.2. The number of hydrogen-bond donors (Lipinski definition) is 0. The normalized spacial score (nSPS) is 12.4. The molecule has 0 saturated heterocycles. The highest BCUT2D eigenvalue weighted by molar-refractivity contribution is 8.14. The first-order valence-corrected chi connectivity index (χ1v) is 15.5. The van der Waals surface area contributed by atoms with Gasteiger partial charge in [-0.2, -0.15) is 26.3 Å². The van der Waals surface area contributed by atoms with Crippen molar-refractivity contribution in [3.63, 3.8) is 0 Å². The van der Waals surface area contributed by atoms with E-state index in [0.29, 0.717) is 23.8 Å². The van der Waals surface area contributed by atoms with E-state index >= 15 is 0 Å². The average Bonchev–Trinajstić information content (AvgIpc) is 2.87. The summed E-state index contributed by atoms with van der Waals surface area (Å²) in [6.45, 7) is 0. The lowest BCUT2D eigenvalue weighted by Gasteiger charge is -2.14. The van der Waals surface area contributed by atoms with Crippen LogP contribution in [0.2, 0.25) is 0 Å². The summed E-state index contributed by atoms with van der Waals surface area (Å²) in [4.78, 5) is -1.70. The molecule has 0 N–H and O–H groups in total. The SMILES string of the molecule is O=S(=O)(Cl)c1c(-c2ccccc2)cccc1C(F)(F)F.O=S(=O)(Cl)c1cc(C(F)(F)F)ccc1-c1ccccc1F. The smallest absolute Gasteiger partial charge is 0.207 e. The van der Waals surface area contributed by atoms with Gasteiger partial charge in [0, 0.05) is 38.1 Å². The molecule has 0 radical (unpaired) electrons. The van der Waals surface area contributed by atoms with Gasteiger partial charge in [0.1, 0.15) is 10.7 Å². The molecule has 218 valence electrons. The van der Waals surface area contributed by atoms with Gasteiger partial charge in [0.25, 0.3) is 18.1 Å². The van der Waals surface area contributed by atoms with Crippen molar-refractivity contribution in [1.82, 2.24) is 0 Å². The number of halogens is 9. The highest BCUT2D eigenvalue weighted by Crippen LogP contribution is 2.41. The van der Waals surface area contributed by atoms with Crippen LogP contribution in [0.25, 0.3) is 22.3 Å². The zero-order chi connectivity index (χ0) is 30.8. The van der Waals surface area contributed by atoms with Crippen LogP contribution in [-0.4, -0.2) is 16.8 Å². The van der Waals surface area contributed by atoms with Crippen LogP contribution in [0.15, 0.2) is 101 Å². The predicted molar refractivity (Wildman–Crippen MR) is 140 cm³/mol. The number of benzene rings is 4. The van der Waals surface area contributed by atoms with Crippen molar-refractivity contribution in [3.05, 3.63) is 108 Å². The molecular formula is C26H15Cl2F7O4S2. The Labute approximate surface area is 238 Å². The molecule has 0 fully saturated rings. The summed E-state index contributed by atoms with van der Waals surface area (Å²) in [5, 5.41) is 0. The molecule has 41 heavy (non-hydrogen) atoms. The van der Waals surface area contributed by atoms with Gasteiger partial charge in [0.05, 0.1) is 16.0 Å². The van der Waals surface area contributed by atoms with Gasteiger partial charge in [0.2, 0.25) is 0 Å². The van der Waals surface area contributed by atoms with E-state index in [-0.39, 0.29) is 16.7 Å². The van der Waals surface area contributed by atoms with Crippen molar-refractivity contribution in [2.24, 2.45) is 0 Å². The van der Waals surface area contributed by atoms with Crippen molar-refractivity contribution in [1.29, 1.82) is 0 Å². The molecule has 0 bridgehead atoms. The van der Waals surface area contributed by atoms with Crippen molar-refractivity contribution >= 4 is 39.5 Å². The molecule has 0 amide bonds. The maximum absolute atomic E-state index is 13.7. The Bertz CT molecular complexity index is 1770. The lowest BCUT2D eigenvalue weighted by molar-refractivity contribution is -0.140. The van der Waals surface area contributed by atoms with Gasteiger partial charge < -0.3 is 0 Å². The van der Waals surface area contributed by atoms with E-state index in [0.717, 1.165) is 18.2 Å². The molecule has 0 heterocycles. The largest absolute Gasteiger partial charge is 0.417 e. The van der Waals surface area contributed by atoms with Crippen LogP contribution < -0.4 is 0 Å². The second kappa shape index (κ2) is 12.0. The minimum Gasteiger partial charge on any atom is -0.207 e. The van der Waals surface area contributed by atoms with Gasteiger partial charge in [-0.1, -0.05) is 66.7 Å². The minimum absolute atomic E-state index is 0.0737. The van der Waals surface area contributed by atoms with E-state index < -0.39 is 57.2 Å². The third-order valence-electron chi connectivity index (χ3n) is 5.38. The Balaban J connectivity index is 0.000000226. The maximum Gasteiger partial charge on any atom is 0.417 e. The van der Waals surface area contributed by atoms with Gasteiger partial charge in [0.15, 0.2) is 0 Å². The van der Waals surface area contributed by atoms with Crippen molar-refractivity contribution < 1.29 is 47.6 Å². The topological polar surface area (TPSA) is 68.3 Å². The predicted octanol–water partition coefficient (Wildman–Crippen LogP) is 8.74. The summed E-state index contributed by atoms with van der Waals surface area (Å²) in [6, 6.07) is 18.1. The Morgan fingerprint density at radius 1 is 0.561 bits per heavy atom. The molecule has 0 saturated carbocycles. The molecular weight excluding hydrogens is 644 g/mol. The molecule has 4 rings (SSSR count). The third-order valence-corrected chi connectivity index (χ3v) is 8.14. The van der Waals surface area contributed by atoms with Crippen LogP contribution >= 0.6 is 21.4 Å². The third kappa shape index (κ3) is 8.00. The van der Waals surface area contributed by atoms with Gasteiger partial charge in [-0.15, -0.1) is 0 Å². The van der Waals surface area contributed by atoms with Crippen molar-refractivity contribution in [2.75, 3.05) is 0 Å². The van der Waals surface area contributed by atoms with Crippen LogP contribution in [0.4, 0.5) is 30.7 Å². The minimum atomic E-state index is -4.80. The first kappa shape index (κ1) is 32.4. The first-order valence-electron chi connectivity index (χ1n) is 10.9. The molecule has 0 spiro atoms. The summed E-state index contributed by atoms with van der Waals surface area (Å²) >= 11 is 0. The van der Waals surface area contributed by atoms with Crippen LogP contribution in [0.5, 0.6) is 0 Å². The van der Waals surface area contributed by atoms with Crippen LogP contribution in [-0.2, 0) is 30.5 Å². The van der Waals surface area contributed by atoms with Gasteiger partial charge in [-0.05, 0) is 29.8 Å². The monoisotopic (exact) mass is 658 g/mol. The molecule has 4 aromatic carbocycles. The summed E-state index contributed by atoms with van der Waals surface area (Å²) in [6.07, 6.45) is -9.54. The molecule has 0 unspecified atom stereocenters. The van der Waals surface area contributed by atoms with Gasteiger partial charge in [-0.3, -0.25) is 0 Å². The van der Waals surface area contributed by atoms with Gasteiger partial charge in [-0.25, -0.2) is 21.2 Å². The maximum atomic E-state index is 13.7. The Hall–Kier alpha value is -3.13. The van der Waals surface area contributed by atoms with E-state index in [9.17, 15) is 47.6 Å². The molecule has 15 heteroatoms. The first-order chi connectivity index (χ1) is 18.8. The second-order valence-electron chi connectivity index (χ2n) is 8.11. The Morgan fingerprint density at radius 2 is 1.12 bits per heavy atom. The zero-order valence-electron chi connectivity index (χ0n) is 20.0. The summed E-state index contributed by atoms with van der Waals surface area (Å²) in [5.41, 5.74) is -2.55. The lowest BCUT2D eigenvalue weighted by atomic mass is 10.0. The van der Waals surface area contributed by atoms with Crippen molar-refractivity contribution in [3.8, 4) is 22.3 Å². The molecule has 4 aromatic rings. The molecule has 0 aliphatic carbocycles. The highest BCUT2D eigenvalue weighted by atomic mass is 35.7. The van der Waals surface area contributed by atoms with E-state index in [1.807, 2.05) is 0 Å². The van der Waals surface area contributed by atoms with Crippen LogP contribution in [0, 0.1) is 5.82 Å². The Kier molecular flexibility index (Phi) is 9.48. The molecule has 0 atom stereocenters. The van der Waals surface area contributed by atoms with Crippen molar-refractivity contribution in [2.45, 2.75) is 22.1 Å². The summed E-state index contributed by atoms with van der Waals surface area (Å²) in [7, 11) is 1.35. The number of rotatable bonds is 4. The lowest BCUT2D eigenvalue weighted by Crippen LogP contribution is -2.11. The average molecular weight is 659 g/mol. The van der Waals surface area contributed by atoms with Crippen LogP contribution in [0.3, 0.4) is 0 Å². The molecule has 0 aliphatic heterocycles. The summed E-state index contributed by atoms with van der Waals surface area (Å²) in [5.74, 6) is -0.765. The second-order valence-corrected chi connectivity index (χ2v) is 13.1. The van der Waals surface area contributed by atoms with Crippen LogP contribution in [0.1, 0.15) is 11.1 Å². The molecule has 4 nitrogen and oxygen atoms in total. The Morgan fingerprint density at radius 3 is 1.63 bits per heavy atom.